The summed E-state index contributed by atoms with van der Waals surface area (Å²) in [6.07, 6.45) is 5.00. The summed E-state index contributed by atoms with van der Waals surface area (Å²) in [5, 5.41) is 3.05. The van der Waals surface area contributed by atoms with Gasteiger partial charge in [0.1, 0.15) is 24.1 Å². The highest BCUT2D eigenvalue weighted by Gasteiger charge is 2.32. The van der Waals surface area contributed by atoms with E-state index in [0.29, 0.717) is 5.75 Å². The molecule has 2 aromatic rings. The SMILES string of the molecule is COc1ccc(OC)c(N(CC(=O)N(Cc2ccccc2)[C@@H](C)C(=O)NC2CCCC2)S(C)(=O)=O)c1. The van der Waals surface area contributed by atoms with Gasteiger partial charge in [0.25, 0.3) is 0 Å². The van der Waals surface area contributed by atoms with E-state index in [1.807, 2.05) is 30.3 Å². The molecule has 10 heteroatoms. The van der Waals surface area contributed by atoms with E-state index in [0.717, 1.165) is 41.8 Å². The zero-order chi connectivity index (χ0) is 26.3. The lowest BCUT2D eigenvalue weighted by molar-refractivity contribution is -0.139. The first kappa shape index (κ1) is 27.3. The Morgan fingerprint density at radius 3 is 2.31 bits per heavy atom. The smallest absolute Gasteiger partial charge is 0.244 e. The summed E-state index contributed by atoms with van der Waals surface area (Å²) in [5.41, 5.74) is 1.01. The number of carbonyl (C=O) groups excluding carboxylic acids is 2. The standard InChI is InChI=1S/C26H35N3O6S/c1-19(26(31)27-21-12-8-9-13-21)28(17-20-10-6-5-7-11-20)25(30)18-29(36(4,32)33)23-16-22(34-2)14-15-24(23)35-3/h5-7,10-11,14-16,19,21H,8-9,12-13,17-18H2,1-4H3,(H,27,31)/t19-/m0/s1. The fourth-order valence-electron chi connectivity index (χ4n) is 4.34. The molecule has 36 heavy (non-hydrogen) atoms. The van der Waals surface area contributed by atoms with Gasteiger partial charge in [-0.3, -0.25) is 13.9 Å². The van der Waals surface area contributed by atoms with Gasteiger partial charge in [0, 0.05) is 18.7 Å². The highest BCUT2D eigenvalue weighted by molar-refractivity contribution is 7.92. The first-order chi connectivity index (χ1) is 17.1. The molecule has 1 saturated carbocycles. The van der Waals surface area contributed by atoms with Crippen LogP contribution >= 0.6 is 0 Å². The minimum Gasteiger partial charge on any atom is -0.497 e. The van der Waals surface area contributed by atoms with Gasteiger partial charge in [-0.2, -0.15) is 0 Å². The Hall–Kier alpha value is -3.27. The molecule has 3 rings (SSSR count). The molecule has 0 unspecified atom stereocenters. The maximum Gasteiger partial charge on any atom is 0.244 e. The van der Waals surface area contributed by atoms with E-state index in [2.05, 4.69) is 5.32 Å². The number of sulfonamides is 1. The number of hydrogen-bond donors (Lipinski definition) is 1. The molecular formula is C26H35N3O6S. The van der Waals surface area contributed by atoms with Crippen LogP contribution in [0.1, 0.15) is 38.2 Å². The molecule has 0 spiro atoms. The lowest BCUT2D eigenvalue weighted by Crippen LogP contribution is -2.52. The fourth-order valence-corrected chi connectivity index (χ4v) is 5.19. The predicted molar refractivity (Wildman–Crippen MR) is 139 cm³/mol. The average molecular weight is 518 g/mol. The van der Waals surface area contributed by atoms with Gasteiger partial charge >= 0.3 is 0 Å². The van der Waals surface area contributed by atoms with Crippen LogP contribution in [0.2, 0.25) is 0 Å². The second kappa shape index (κ2) is 12.1. The van der Waals surface area contributed by atoms with Gasteiger partial charge < -0.3 is 19.7 Å². The highest BCUT2D eigenvalue weighted by Crippen LogP contribution is 2.34. The Morgan fingerprint density at radius 1 is 1.06 bits per heavy atom. The monoisotopic (exact) mass is 517 g/mol. The van der Waals surface area contributed by atoms with Crippen molar-refractivity contribution in [3.8, 4) is 11.5 Å². The maximum absolute atomic E-state index is 13.7. The summed E-state index contributed by atoms with van der Waals surface area (Å²) < 4.78 is 37.3. The third-order valence-corrected chi connectivity index (χ3v) is 7.52. The zero-order valence-electron chi connectivity index (χ0n) is 21.3. The topological polar surface area (TPSA) is 105 Å². The molecule has 1 N–H and O–H groups in total. The summed E-state index contributed by atoms with van der Waals surface area (Å²) in [5.74, 6) is -0.0766. The van der Waals surface area contributed by atoms with Crippen molar-refractivity contribution in [2.75, 3.05) is 31.3 Å². The first-order valence-corrected chi connectivity index (χ1v) is 13.8. The third kappa shape index (κ3) is 6.90. The van der Waals surface area contributed by atoms with Crippen molar-refractivity contribution >= 4 is 27.5 Å². The lowest BCUT2D eigenvalue weighted by Gasteiger charge is -2.32. The van der Waals surface area contributed by atoms with Crippen molar-refractivity contribution in [2.45, 2.75) is 51.2 Å². The molecule has 0 radical (unpaired) electrons. The Balaban J connectivity index is 1.92. The molecule has 0 saturated heterocycles. The second-order valence-electron chi connectivity index (χ2n) is 8.98. The molecule has 2 aromatic carbocycles. The largest absolute Gasteiger partial charge is 0.497 e. The van der Waals surface area contributed by atoms with E-state index >= 15 is 0 Å². The normalized spacial score (nSPS) is 14.7. The van der Waals surface area contributed by atoms with Crippen molar-refractivity contribution in [3.63, 3.8) is 0 Å². The molecule has 1 aliphatic rings. The number of methoxy groups -OCH3 is 2. The van der Waals surface area contributed by atoms with Crippen LogP contribution in [-0.2, 0) is 26.2 Å². The Labute approximate surface area is 213 Å². The lowest BCUT2D eigenvalue weighted by atomic mass is 10.1. The van der Waals surface area contributed by atoms with Gasteiger partial charge in [0.2, 0.25) is 21.8 Å². The van der Waals surface area contributed by atoms with Crippen LogP contribution in [0.4, 0.5) is 5.69 Å². The molecule has 0 aromatic heterocycles. The van der Waals surface area contributed by atoms with E-state index in [1.54, 1.807) is 19.1 Å². The fraction of sp³-hybridized carbons (Fsp3) is 0.462. The van der Waals surface area contributed by atoms with Crippen LogP contribution in [0, 0.1) is 0 Å². The minimum absolute atomic E-state index is 0.0993. The van der Waals surface area contributed by atoms with Gasteiger partial charge in [-0.15, -0.1) is 0 Å². The van der Waals surface area contributed by atoms with Crippen molar-refractivity contribution < 1.29 is 27.5 Å². The molecular weight excluding hydrogens is 482 g/mol. The van der Waals surface area contributed by atoms with Crippen LogP contribution in [0.3, 0.4) is 0 Å². The maximum atomic E-state index is 13.7. The number of nitrogens with zero attached hydrogens (tertiary/aromatic N) is 2. The van der Waals surface area contributed by atoms with Crippen LogP contribution in [0.15, 0.2) is 48.5 Å². The molecule has 1 aliphatic carbocycles. The van der Waals surface area contributed by atoms with E-state index in [4.69, 9.17) is 9.47 Å². The van der Waals surface area contributed by atoms with Crippen molar-refractivity contribution in [1.29, 1.82) is 0 Å². The molecule has 9 nitrogen and oxygen atoms in total. The zero-order valence-corrected chi connectivity index (χ0v) is 22.1. The number of anilines is 1. The Bertz CT molecular complexity index is 1150. The molecule has 0 heterocycles. The quantitative estimate of drug-likeness (QED) is 0.491. The van der Waals surface area contributed by atoms with Crippen LogP contribution < -0.4 is 19.1 Å². The molecule has 0 aliphatic heterocycles. The van der Waals surface area contributed by atoms with E-state index in [9.17, 15) is 18.0 Å². The minimum atomic E-state index is -3.89. The molecule has 1 fully saturated rings. The van der Waals surface area contributed by atoms with Crippen LogP contribution in [-0.4, -0.2) is 64.2 Å². The summed E-state index contributed by atoms with van der Waals surface area (Å²) in [4.78, 5) is 28.2. The number of amides is 2. The Morgan fingerprint density at radius 2 is 1.72 bits per heavy atom. The number of rotatable bonds is 11. The summed E-state index contributed by atoms with van der Waals surface area (Å²) in [6, 6.07) is 13.3. The summed E-state index contributed by atoms with van der Waals surface area (Å²) >= 11 is 0. The number of hydrogen-bond acceptors (Lipinski definition) is 6. The van der Waals surface area contributed by atoms with Gasteiger partial charge in [-0.1, -0.05) is 43.2 Å². The highest BCUT2D eigenvalue weighted by atomic mass is 32.2. The van der Waals surface area contributed by atoms with Crippen molar-refractivity contribution in [1.82, 2.24) is 10.2 Å². The number of carbonyl (C=O) groups is 2. The van der Waals surface area contributed by atoms with Crippen molar-refractivity contribution in [2.24, 2.45) is 0 Å². The first-order valence-electron chi connectivity index (χ1n) is 12.0. The van der Waals surface area contributed by atoms with Crippen LogP contribution in [0.5, 0.6) is 11.5 Å². The van der Waals surface area contributed by atoms with Crippen molar-refractivity contribution in [3.05, 3.63) is 54.1 Å². The molecule has 2 amide bonds. The second-order valence-corrected chi connectivity index (χ2v) is 10.9. The third-order valence-electron chi connectivity index (χ3n) is 6.40. The Kier molecular flexibility index (Phi) is 9.19. The number of benzene rings is 2. The molecule has 1 atom stereocenters. The van der Waals surface area contributed by atoms with Gasteiger partial charge in [0.15, 0.2) is 0 Å². The molecule has 0 bridgehead atoms. The number of ether oxygens (including phenoxy) is 2. The predicted octanol–water partition coefficient (Wildman–Crippen LogP) is 2.95. The summed E-state index contributed by atoms with van der Waals surface area (Å²) in [7, 11) is -1.00. The van der Waals surface area contributed by atoms with E-state index in [-0.39, 0.29) is 29.9 Å². The average Bonchev–Trinajstić information content (AvgIpc) is 3.37. The number of nitrogens with one attached hydrogen (secondary N) is 1. The van der Waals surface area contributed by atoms with Gasteiger partial charge in [-0.25, -0.2) is 8.42 Å². The van der Waals surface area contributed by atoms with Crippen LogP contribution in [0.25, 0.3) is 0 Å². The van der Waals surface area contributed by atoms with E-state index in [1.165, 1.54) is 25.2 Å². The van der Waals surface area contributed by atoms with E-state index < -0.39 is 28.5 Å². The summed E-state index contributed by atoms with van der Waals surface area (Å²) in [6.45, 7) is 1.32. The van der Waals surface area contributed by atoms with Gasteiger partial charge in [0.05, 0.1) is 26.2 Å². The molecule has 196 valence electrons. The van der Waals surface area contributed by atoms with Gasteiger partial charge in [-0.05, 0) is 37.5 Å².